The third-order valence-corrected chi connectivity index (χ3v) is 3.94. The molecule has 0 aromatic heterocycles. The minimum absolute atomic E-state index is 0.166. The minimum Gasteiger partial charge on any atom is -0.484 e. The van der Waals surface area contributed by atoms with Crippen LogP contribution in [0.2, 0.25) is 0 Å². The molecule has 0 aliphatic rings. The van der Waals surface area contributed by atoms with Gasteiger partial charge in [0.2, 0.25) is 0 Å². The van der Waals surface area contributed by atoms with Crippen molar-refractivity contribution < 1.29 is 18.7 Å². The zero-order valence-corrected chi connectivity index (χ0v) is 14.5. The van der Waals surface area contributed by atoms with Gasteiger partial charge in [-0.1, -0.05) is 42.5 Å². The number of hydrogen-bond donors (Lipinski definition) is 1. The van der Waals surface area contributed by atoms with E-state index in [4.69, 9.17) is 4.74 Å². The Morgan fingerprint density at radius 1 is 0.815 bits per heavy atom. The summed E-state index contributed by atoms with van der Waals surface area (Å²) in [4.78, 5) is 23.8. The molecule has 4 nitrogen and oxygen atoms in total. The molecule has 0 bridgehead atoms. The maximum Gasteiger partial charge on any atom is 0.258 e. The third kappa shape index (κ3) is 5.25. The Morgan fingerprint density at radius 3 is 2.11 bits per heavy atom. The van der Waals surface area contributed by atoms with Gasteiger partial charge in [-0.25, -0.2) is 4.39 Å². The predicted molar refractivity (Wildman–Crippen MR) is 101 cm³/mol. The minimum atomic E-state index is -0.415. The van der Waals surface area contributed by atoms with Crippen molar-refractivity contribution in [3.8, 4) is 16.9 Å². The van der Waals surface area contributed by atoms with Gasteiger partial charge in [0.15, 0.2) is 12.4 Å². The quantitative estimate of drug-likeness (QED) is 0.649. The van der Waals surface area contributed by atoms with Crippen molar-refractivity contribution in [3.05, 3.63) is 90.2 Å². The fraction of sp³-hybridized carbons (Fsp3) is 0.0909. The van der Waals surface area contributed by atoms with Crippen molar-refractivity contribution in [1.82, 2.24) is 5.32 Å². The van der Waals surface area contributed by atoms with Gasteiger partial charge in [0, 0.05) is 5.56 Å². The van der Waals surface area contributed by atoms with Gasteiger partial charge in [0.05, 0.1) is 6.54 Å². The van der Waals surface area contributed by atoms with E-state index in [-0.39, 0.29) is 18.9 Å². The van der Waals surface area contributed by atoms with E-state index in [0.717, 1.165) is 11.1 Å². The SMILES string of the molecule is O=C(COc1ccc(-c2ccccc2)cc1)NCC(=O)c1ccc(F)cc1. The Hall–Kier alpha value is -3.47. The van der Waals surface area contributed by atoms with E-state index >= 15 is 0 Å². The summed E-state index contributed by atoms with van der Waals surface area (Å²) in [5.41, 5.74) is 2.49. The lowest BCUT2D eigenvalue weighted by Gasteiger charge is -2.08. The number of Topliss-reactive ketones (excluding diaryl/α,β-unsaturated/α-hetero) is 1. The van der Waals surface area contributed by atoms with E-state index in [9.17, 15) is 14.0 Å². The number of hydrogen-bond acceptors (Lipinski definition) is 3. The van der Waals surface area contributed by atoms with Gasteiger partial charge < -0.3 is 10.1 Å². The predicted octanol–water partition coefficient (Wildman–Crippen LogP) is 3.87. The molecule has 0 fully saturated rings. The lowest BCUT2D eigenvalue weighted by atomic mass is 10.1. The average molecular weight is 363 g/mol. The molecule has 5 heteroatoms. The summed E-state index contributed by atoms with van der Waals surface area (Å²) in [6.07, 6.45) is 0. The lowest BCUT2D eigenvalue weighted by Crippen LogP contribution is -2.33. The van der Waals surface area contributed by atoms with Gasteiger partial charge in [-0.05, 0) is 47.5 Å². The van der Waals surface area contributed by atoms with Crippen LogP contribution in [-0.4, -0.2) is 24.8 Å². The highest BCUT2D eigenvalue weighted by Crippen LogP contribution is 2.21. The largest absolute Gasteiger partial charge is 0.484 e. The number of carbonyl (C=O) groups is 2. The average Bonchev–Trinajstić information content (AvgIpc) is 2.72. The van der Waals surface area contributed by atoms with Crippen LogP contribution in [0, 0.1) is 5.82 Å². The normalized spacial score (nSPS) is 10.3. The first-order valence-corrected chi connectivity index (χ1v) is 8.45. The summed E-state index contributed by atoms with van der Waals surface area (Å²) < 4.78 is 18.3. The molecule has 0 radical (unpaired) electrons. The molecule has 27 heavy (non-hydrogen) atoms. The number of nitrogens with one attached hydrogen (secondary N) is 1. The molecule has 136 valence electrons. The van der Waals surface area contributed by atoms with Crippen LogP contribution in [0.3, 0.4) is 0 Å². The van der Waals surface area contributed by atoms with E-state index < -0.39 is 11.7 Å². The van der Waals surface area contributed by atoms with Crippen molar-refractivity contribution in [3.63, 3.8) is 0 Å². The second kappa shape index (κ2) is 8.76. The molecule has 0 atom stereocenters. The fourth-order valence-electron chi connectivity index (χ4n) is 2.49. The summed E-state index contributed by atoms with van der Waals surface area (Å²) in [6.45, 7) is -0.359. The van der Waals surface area contributed by atoms with E-state index in [2.05, 4.69) is 5.32 Å². The second-order valence-electron chi connectivity index (χ2n) is 5.89. The van der Waals surface area contributed by atoms with Crippen LogP contribution >= 0.6 is 0 Å². The fourth-order valence-corrected chi connectivity index (χ4v) is 2.49. The van der Waals surface area contributed by atoms with Gasteiger partial charge in [-0.3, -0.25) is 9.59 Å². The van der Waals surface area contributed by atoms with E-state index in [0.29, 0.717) is 11.3 Å². The van der Waals surface area contributed by atoms with E-state index in [1.165, 1.54) is 24.3 Å². The van der Waals surface area contributed by atoms with Gasteiger partial charge in [-0.15, -0.1) is 0 Å². The molecule has 0 unspecified atom stereocenters. The zero-order valence-electron chi connectivity index (χ0n) is 14.5. The second-order valence-corrected chi connectivity index (χ2v) is 5.89. The summed E-state index contributed by atoms with van der Waals surface area (Å²) >= 11 is 0. The molecule has 0 saturated carbocycles. The zero-order chi connectivity index (χ0) is 19.1. The molecule has 3 aromatic rings. The monoisotopic (exact) mass is 363 g/mol. The Balaban J connectivity index is 1.46. The molecular formula is C22H18FNO3. The molecule has 0 aliphatic heterocycles. The molecular weight excluding hydrogens is 345 g/mol. The summed E-state index contributed by atoms with van der Waals surface area (Å²) in [7, 11) is 0. The number of carbonyl (C=O) groups excluding carboxylic acids is 2. The van der Waals surface area contributed by atoms with Crippen LogP contribution in [0.1, 0.15) is 10.4 Å². The Kier molecular flexibility index (Phi) is 5.94. The number of benzene rings is 3. The highest BCUT2D eigenvalue weighted by molar-refractivity contribution is 5.99. The summed E-state index contributed by atoms with van der Waals surface area (Å²) in [6, 6.07) is 22.5. The highest BCUT2D eigenvalue weighted by atomic mass is 19.1. The molecule has 0 spiro atoms. The summed E-state index contributed by atoms with van der Waals surface area (Å²) in [5, 5.41) is 2.50. The Labute approximate surface area is 156 Å². The van der Waals surface area contributed by atoms with Crippen molar-refractivity contribution in [1.29, 1.82) is 0 Å². The topological polar surface area (TPSA) is 55.4 Å². The Bertz CT molecular complexity index is 907. The van der Waals surface area contributed by atoms with Gasteiger partial charge in [0.1, 0.15) is 11.6 Å². The molecule has 3 rings (SSSR count). The van der Waals surface area contributed by atoms with E-state index in [1.807, 2.05) is 42.5 Å². The Morgan fingerprint density at radius 2 is 1.44 bits per heavy atom. The van der Waals surface area contributed by atoms with Crippen LogP contribution in [0.25, 0.3) is 11.1 Å². The van der Waals surface area contributed by atoms with Crippen molar-refractivity contribution in [2.75, 3.05) is 13.2 Å². The van der Waals surface area contributed by atoms with Gasteiger partial charge in [0.25, 0.3) is 5.91 Å². The molecule has 0 saturated heterocycles. The number of halogens is 1. The highest BCUT2D eigenvalue weighted by Gasteiger charge is 2.09. The summed E-state index contributed by atoms with van der Waals surface area (Å²) in [5.74, 6) is -0.551. The number of amides is 1. The first kappa shape index (κ1) is 18.3. The van der Waals surface area contributed by atoms with Crippen LogP contribution < -0.4 is 10.1 Å². The van der Waals surface area contributed by atoms with Crippen molar-refractivity contribution >= 4 is 11.7 Å². The first-order chi connectivity index (χ1) is 13.1. The number of ketones is 1. The molecule has 1 amide bonds. The standard InChI is InChI=1S/C22H18FNO3/c23-19-10-6-18(7-11-19)21(25)14-24-22(26)15-27-20-12-8-17(9-13-20)16-4-2-1-3-5-16/h1-13H,14-15H2,(H,24,26). The van der Waals surface area contributed by atoms with Crippen LogP contribution in [0.15, 0.2) is 78.9 Å². The lowest BCUT2D eigenvalue weighted by molar-refractivity contribution is -0.122. The maximum atomic E-state index is 12.8. The van der Waals surface area contributed by atoms with Gasteiger partial charge >= 0.3 is 0 Å². The molecule has 0 heterocycles. The smallest absolute Gasteiger partial charge is 0.258 e. The van der Waals surface area contributed by atoms with Crippen LogP contribution in [-0.2, 0) is 4.79 Å². The molecule has 3 aromatic carbocycles. The number of rotatable bonds is 7. The van der Waals surface area contributed by atoms with Crippen LogP contribution in [0.4, 0.5) is 4.39 Å². The van der Waals surface area contributed by atoms with Crippen LogP contribution in [0.5, 0.6) is 5.75 Å². The van der Waals surface area contributed by atoms with Crippen molar-refractivity contribution in [2.45, 2.75) is 0 Å². The molecule has 1 N–H and O–H groups in total. The van der Waals surface area contributed by atoms with Crippen molar-refractivity contribution in [2.24, 2.45) is 0 Å². The van der Waals surface area contributed by atoms with E-state index in [1.54, 1.807) is 12.1 Å². The molecule has 0 aliphatic carbocycles. The van der Waals surface area contributed by atoms with Gasteiger partial charge in [-0.2, -0.15) is 0 Å². The number of ether oxygens (including phenoxy) is 1. The maximum absolute atomic E-state index is 12.8. The third-order valence-electron chi connectivity index (χ3n) is 3.94. The first-order valence-electron chi connectivity index (χ1n) is 8.45.